The normalized spacial score (nSPS) is 10.6. The average molecular weight is 382 g/mol. The molecule has 0 unspecified atom stereocenters. The highest BCUT2D eigenvalue weighted by atomic mass is 16.6. The molecule has 0 saturated heterocycles. The highest BCUT2D eigenvalue weighted by molar-refractivity contribution is 6.05. The van der Waals surface area contributed by atoms with E-state index in [1.807, 2.05) is 6.92 Å². The van der Waals surface area contributed by atoms with Gasteiger partial charge in [0.05, 0.1) is 4.92 Å². The van der Waals surface area contributed by atoms with Crippen LogP contribution in [0, 0.1) is 17.0 Å². The molecule has 0 bridgehead atoms. The first-order valence-electron chi connectivity index (χ1n) is 8.49. The molecule has 0 fully saturated rings. The lowest BCUT2D eigenvalue weighted by molar-refractivity contribution is -0.383. The van der Waals surface area contributed by atoms with Gasteiger partial charge in [0, 0.05) is 56.3 Å². The fourth-order valence-corrected chi connectivity index (χ4v) is 2.54. The molecule has 8 nitrogen and oxygen atoms in total. The molecule has 0 atom stereocenters. The summed E-state index contributed by atoms with van der Waals surface area (Å²) < 4.78 is 0. The number of rotatable bonds is 7. The van der Waals surface area contributed by atoms with E-state index in [2.05, 4.69) is 10.6 Å². The van der Waals surface area contributed by atoms with Gasteiger partial charge in [-0.3, -0.25) is 19.7 Å². The van der Waals surface area contributed by atoms with Gasteiger partial charge in [-0.2, -0.15) is 0 Å². The molecule has 0 aliphatic carbocycles. The minimum absolute atomic E-state index is 0.212. The van der Waals surface area contributed by atoms with Crippen LogP contribution in [0.3, 0.4) is 0 Å². The van der Waals surface area contributed by atoms with Crippen LogP contribution in [-0.2, 0) is 4.79 Å². The predicted octanol–water partition coefficient (Wildman–Crippen LogP) is 3.86. The third kappa shape index (κ3) is 5.66. The van der Waals surface area contributed by atoms with E-state index in [1.165, 1.54) is 31.2 Å². The van der Waals surface area contributed by atoms with Crippen molar-refractivity contribution >= 4 is 34.4 Å². The van der Waals surface area contributed by atoms with Crippen molar-refractivity contribution in [2.45, 2.75) is 13.8 Å². The monoisotopic (exact) mass is 382 g/mol. The highest BCUT2D eigenvalue weighted by Gasteiger charge is 2.17. The van der Waals surface area contributed by atoms with E-state index in [-0.39, 0.29) is 28.6 Å². The maximum atomic E-state index is 12.2. The van der Waals surface area contributed by atoms with Gasteiger partial charge < -0.3 is 15.5 Å². The molecule has 0 aliphatic heterocycles. The SMILES string of the molecule is CC(=O)Nc1cc(C)cc(Nc2ccc(C(=O)/C=C/N(C)C)cc2[N+](=O)[O-])c1. The minimum Gasteiger partial charge on any atom is -0.383 e. The van der Waals surface area contributed by atoms with Gasteiger partial charge in [-0.1, -0.05) is 0 Å². The predicted molar refractivity (Wildman–Crippen MR) is 109 cm³/mol. The number of nitro benzene ring substituents is 1. The zero-order valence-electron chi connectivity index (χ0n) is 16.1. The molecule has 0 aromatic heterocycles. The van der Waals surface area contributed by atoms with Crippen molar-refractivity contribution in [1.29, 1.82) is 0 Å². The second-order valence-corrected chi connectivity index (χ2v) is 6.53. The summed E-state index contributed by atoms with van der Waals surface area (Å²) in [5, 5.41) is 17.2. The van der Waals surface area contributed by atoms with Crippen LogP contribution in [0.5, 0.6) is 0 Å². The molecule has 8 heteroatoms. The third-order valence-corrected chi connectivity index (χ3v) is 3.68. The van der Waals surface area contributed by atoms with Crippen molar-refractivity contribution in [3.63, 3.8) is 0 Å². The Morgan fingerprint density at radius 2 is 1.79 bits per heavy atom. The number of nitrogens with zero attached hydrogens (tertiary/aromatic N) is 2. The van der Waals surface area contributed by atoms with Gasteiger partial charge in [0.15, 0.2) is 5.78 Å². The van der Waals surface area contributed by atoms with Crippen molar-refractivity contribution in [2.24, 2.45) is 0 Å². The van der Waals surface area contributed by atoms with Crippen molar-refractivity contribution in [1.82, 2.24) is 4.90 Å². The molecule has 146 valence electrons. The average Bonchev–Trinajstić information content (AvgIpc) is 2.58. The Hall–Kier alpha value is -3.68. The topological polar surface area (TPSA) is 105 Å². The van der Waals surface area contributed by atoms with E-state index in [4.69, 9.17) is 0 Å². The van der Waals surface area contributed by atoms with E-state index in [0.29, 0.717) is 11.4 Å². The first-order valence-corrected chi connectivity index (χ1v) is 8.49. The van der Waals surface area contributed by atoms with Crippen molar-refractivity contribution < 1.29 is 14.5 Å². The van der Waals surface area contributed by atoms with Gasteiger partial charge >= 0.3 is 0 Å². The Labute approximate surface area is 163 Å². The van der Waals surface area contributed by atoms with Crippen LogP contribution in [0.4, 0.5) is 22.7 Å². The molecule has 2 N–H and O–H groups in total. The van der Waals surface area contributed by atoms with Crippen molar-refractivity contribution in [3.05, 3.63) is 69.9 Å². The summed E-state index contributed by atoms with van der Waals surface area (Å²) >= 11 is 0. The summed E-state index contributed by atoms with van der Waals surface area (Å²) in [5.74, 6) is -0.539. The number of aryl methyl sites for hydroxylation is 1. The smallest absolute Gasteiger partial charge is 0.293 e. The Morgan fingerprint density at radius 1 is 1.11 bits per heavy atom. The van der Waals surface area contributed by atoms with Crippen molar-refractivity contribution in [2.75, 3.05) is 24.7 Å². The lowest BCUT2D eigenvalue weighted by Gasteiger charge is -2.11. The van der Waals surface area contributed by atoms with E-state index in [1.54, 1.807) is 43.4 Å². The number of carbonyl (C=O) groups excluding carboxylic acids is 2. The number of allylic oxidation sites excluding steroid dienone is 1. The maximum Gasteiger partial charge on any atom is 0.293 e. The van der Waals surface area contributed by atoms with Gasteiger partial charge in [0.2, 0.25) is 5.91 Å². The van der Waals surface area contributed by atoms with Crippen LogP contribution in [0.25, 0.3) is 0 Å². The molecule has 0 spiro atoms. The quantitative estimate of drug-likeness (QED) is 0.326. The number of ketones is 1. The lowest BCUT2D eigenvalue weighted by Crippen LogP contribution is -2.07. The first kappa shape index (κ1) is 20.6. The number of anilines is 3. The van der Waals surface area contributed by atoms with Gasteiger partial charge in [-0.05, 0) is 42.8 Å². The van der Waals surface area contributed by atoms with E-state index >= 15 is 0 Å². The van der Waals surface area contributed by atoms with E-state index < -0.39 is 4.92 Å². The number of hydrogen-bond donors (Lipinski definition) is 2. The number of carbonyl (C=O) groups is 2. The minimum atomic E-state index is -0.542. The summed E-state index contributed by atoms with van der Waals surface area (Å²) in [7, 11) is 3.55. The van der Waals surface area contributed by atoms with E-state index in [9.17, 15) is 19.7 Å². The molecule has 0 heterocycles. The summed E-state index contributed by atoms with van der Waals surface area (Å²) in [4.78, 5) is 36.1. The Morgan fingerprint density at radius 3 is 2.39 bits per heavy atom. The Kier molecular flexibility index (Phi) is 6.49. The molecule has 2 rings (SSSR count). The standard InChI is InChI=1S/C20H22N4O4/c1-13-9-16(21-14(2)25)12-17(10-13)22-18-6-5-15(11-19(18)24(27)28)20(26)7-8-23(3)4/h5-12,22H,1-4H3,(H,21,25)/b8-7+. The van der Waals surface area contributed by atoms with Gasteiger partial charge in [0.1, 0.15) is 5.69 Å². The molecular weight excluding hydrogens is 360 g/mol. The lowest BCUT2D eigenvalue weighted by atomic mass is 10.1. The first-order chi connectivity index (χ1) is 13.2. The fourth-order valence-electron chi connectivity index (χ4n) is 2.54. The number of amides is 1. The Bertz CT molecular complexity index is 951. The molecular formula is C20H22N4O4. The number of hydrogen-bond acceptors (Lipinski definition) is 6. The largest absolute Gasteiger partial charge is 0.383 e. The summed E-state index contributed by atoms with van der Waals surface area (Å²) in [6.07, 6.45) is 2.93. The van der Waals surface area contributed by atoms with Crippen LogP contribution in [-0.4, -0.2) is 35.6 Å². The van der Waals surface area contributed by atoms with Gasteiger partial charge in [0.25, 0.3) is 5.69 Å². The maximum absolute atomic E-state index is 12.2. The van der Waals surface area contributed by atoms with E-state index in [0.717, 1.165) is 5.56 Å². The zero-order chi connectivity index (χ0) is 20.8. The third-order valence-electron chi connectivity index (χ3n) is 3.68. The second kappa shape index (κ2) is 8.81. The molecule has 0 aliphatic rings. The second-order valence-electron chi connectivity index (χ2n) is 6.53. The van der Waals surface area contributed by atoms with Gasteiger partial charge in [-0.15, -0.1) is 0 Å². The molecule has 2 aromatic carbocycles. The summed E-state index contributed by atoms with van der Waals surface area (Å²) in [5.41, 5.74) is 2.29. The number of nitro groups is 1. The summed E-state index contributed by atoms with van der Waals surface area (Å²) in [6, 6.07) is 9.54. The van der Waals surface area contributed by atoms with Crippen LogP contribution < -0.4 is 10.6 Å². The van der Waals surface area contributed by atoms with Crippen LogP contribution in [0.15, 0.2) is 48.7 Å². The van der Waals surface area contributed by atoms with Crippen LogP contribution in [0.1, 0.15) is 22.8 Å². The van der Waals surface area contributed by atoms with Gasteiger partial charge in [-0.25, -0.2) is 0 Å². The molecule has 0 saturated carbocycles. The number of benzene rings is 2. The molecule has 2 aromatic rings. The van der Waals surface area contributed by atoms with Crippen LogP contribution in [0.2, 0.25) is 0 Å². The number of nitrogens with one attached hydrogen (secondary N) is 2. The Balaban J connectivity index is 2.36. The molecule has 0 radical (unpaired) electrons. The fraction of sp³-hybridized carbons (Fsp3) is 0.200. The zero-order valence-corrected chi connectivity index (χ0v) is 16.1. The molecule has 28 heavy (non-hydrogen) atoms. The summed E-state index contributed by atoms with van der Waals surface area (Å²) in [6.45, 7) is 3.25. The van der Waals surface area contributed by atoms with Crippen molar-refractivity contribution in [3.8, 4) is 0 Å². The highest BCUT2D eigenvalue weighted by Crippen LogP contribution is 2.30. The molecule has 1 amide bonds. The van der Waals surface area contributed by atoms with Crippen LogP contribution >= 0.6 is 0 Å².